The molecule has 3 rings (SSSR count). The molecule has 0 saturated carbocycles. The van der Waals surface area contributed by atoms with Gasteiger partial charge >= 0.3 is 0 Å². The molecule has 124 valence electrons. The van der Waals surface area contributed by atoms with Gasteiger partial charge in [0.15, 0.2) is 0 Å². The van der Waals surface area contributed by atoms with Crippen LogP contribution in [0.25, 0.3) is 11.5 Å². The fraction of sp³-hybridized carbons (Fsp3) is 0.235. The summed E-state index contributed by atoms with van der Waals surface area (Å²) in [7, 11) is 1.64. The third-order valence-corrected chi connectivity index (χ3v) is 4.08. The van der Waals surface area contributed by atoms with Crippen molar-refractivity contribution in [2.75, 3.05) is 19.5 Å². The van der Waals surface area contributed by atoms with E-state index in [1.807, 2.05) is 36.4 Å². The molecule has 0 spiro atoms. The average molecular weight is 343 g/mol. The Bertz CT molecular complexity index is 747. The molecule has 0 N–H and O–H groups in total. The lowest BCUT2D eigenvalue weighted by molar-refractivity contribution is 0.317. The predicted molar refractivity (Wildman–Crippen MR) is 91.4 cm³/mol. The molecule has 24 heavy (non-hydrogen) atoms. The number of hydrogen-bond donors (Lipinski definition) is 0. The third-order valence-electron chi connectivity index (χ3n) is 3.18. The molecule has 0 atom stereocenters. The quantitative estimate of drug-likeness (QED) is 0.456. The molecule has 7 heteroatoms. The lowest BCUT2D eigenvalue weighted by Crippen LogP contribution is -1.98. The van der Waals surface area contributed by atoms with E-state index in [1.54, 1.807) is 19.5 Å². The van der Waals surface area contributed by atoms with Crippen molar-refractivity contribution in [3.8, 4) is 23.0 Å². The topological polar surface area (TPSA) is 70.3 Å². The van der Waals surface area contributed by atoms with Crippen molar-refractivity contribution < 1.29 is 13.9 Å². The molecule has 0 aliphatic heterocycles. The largest absolute Gasteiger partial charge is 0.497 e. The summed E-state index contributed by atoms with van der Waals surface area (Å²) in [5, 5.41) is 8.64. The Labute approximate surface area is 144 Å². The van der Waals surface area contributed by atoms with Gasteiger partial charge in [0.25, 0.3) is 5.22 Å². The highest BCUT2D eigenvalue weighted by Crippen LogP contribution is 2.23. The van der Waals surface area contributed by atoms with E-state index in [4.69, 9.17) is 13.9 Å². The van der Waals surface area contributed by atoms with Gasteiger partial charge in [0, 0.05) is 23.7 Å². The van der Waals surface area contributed by atoms with Crippen LogP contribution in [-0.4, -0.2) is 34.7 Å². The molecular weight excluding hydrogens is 326 g/mol. The molecule has 0 aliphatic carbocycles. The first-order valence-corrected chi connectivity index (χ1v) is 8.47. The molecule has 0 bridgehead atoms. The predicted octanol–water partition coefficient (Wildman–Crippen LogP) is 3.70. The Kier molecular flexibility index (Phi) is 5.68. The molecular formula is C17H17N3O3S. The Morgan fingerprint density at radius 2 is 1.75 bits per heavy atom. The van der Waals surface area contributed by atoms with Gasteiger partial charge in [-0.2, -0.15) is 0 Å². The first kappa shape index (κ1) is 16.3. The number of hydrogen-bond acceptors (Lipinski definition) is 7. The van der Waals surface area contributed by atoms with Crippen LogP contribution in [0.5, 0.6) is 11.5 Å². The molecule has 0 unspecified atom stereocenters. The fourth-order valence-corrected chi connectivity index (χ4v) is 2.63. The first-order valence-electron chi connectivity index (χ1n) is 7.49. The van der Waals surface area contributed by atoms with E-state index in [1.165, 1.54) is 11.8 Å². The van der Waals surface area contributed by atoms with Crippen molar-refractivity contribution in [1.29, 1.82) is 0 Å². The van der Waals surface area contributed by atoms with Crippen LogP contribution >= 0.6 is 11.8 Å². The van der Waals surface area contributed by atoms with Crippen LogP contribution in [0, 0.1) is 0 Å². The van der Waals surface area contributed by atoms with Crippen molar-refractivity contribution >= 4 is 11.8 Å². The Morgan fingerprint density at radius 1 is 1.00 bits per heavy atom. The minimum absolute atomic E-state index is 0.509. The molecule has 0 amide bonds. The van der Waals surface area contributed by atoms with Gasteiger partial charge in [-0.15, -0.1) is 10.2 Å². The summed E-state index contributed by atoms with van der Waals surface area (Å²) < 4.78 is 16.4. The summed E-state index contributed by atoms with van der Waals surface area (Å²) in [5.41, 5.74) is 0.868. The Morgan fingerprint density at radius 3 is 2.50 bits per heavy atom. The van der Waals surface area contributed by atoms with Crippen LogP contribution < -0.4 is 9.47 Å². The summed E-state index contributed by atoms with van der Waals surface area (Å²) in [6.07, 6.45) is 4.27. The van der Waals surface area contributed by atoms with Gasteiger partial charge in [-0.05, 0) is 42.8 Å². The first-order chi connectivity index (χ1) is 11.8. The van der Waals surface area contributed by atoms with E-state index in [9.17, 15) is 0 Å². The highest BCUT2D eigenvalue weighted by molar-refractivity contribution is 7.99. The van der Waals surface area contributed by atoms with Crippen LogP contribution in [0.15, 0.2) is 58.4 Å². The summed E-state index contributed by atoms with van der Waals surface area (Å²) in [4.78, 5) is 3.97. The van der Waals surface area contributed by atoms with E-state index in [0.717, 1.165) is 29.2 Å². The van der Waals surface area contributed by atoms with Gasteiger partial charge in [0.1, 0.15) is 11.5 Å². The minimum Gasteiger partial charge on any atom is -0.497 e. The zero-order valence-electron chi connectivity index (χ0n) is 13.2. The van der Waals surface area contributed by atoms with Crippen molar-refractivity contribution in [3.05, 3.63) is 48.8 Å². The van der Waals surface area contributed by atoms with Crippen LogP contribution in [0.1, 0.15) is 6.42 Å². The van der Waals surface area contributed by atoms with E-state index >= 15 is 0 Å². The van der Waals surface area contributed by atoms with Crippen LogP contribution in [-0.2, 0) is 0 Å². The van der Waals surface area contributed by atoms with Gasteiger partial charge in [0.05, 0.1) is 13.7 Å². The zero-order valence-corrected chi connectivity index (χ0v) is 14.0. The van der Waals surface area contributed by atoms with Gasteiger partial charge in [-0.25, -0.2) is 0 Å². The molecule has 2 heterocycles. The van der Waals surface area contributed by atoms with Crippen molar-refractivity contribution in [1.82, 2.24) is 15.2 Å². The fourth-order valence-electron chi connectivity index (χ4n) is 1.96. The summed E-state index contributed by atoms with van der Waals surface area (Å²) in [6.45, 7) is 0.630. The number of thioether (sulfide) groups is 1. The molecule has 1 aromatic carbocycles. The van der Waals surface area contributed by atoms with Gasteiger partial charge < -0.3 is 13.9 Å². The molecule has 2 aromatic heterocycles. The highest BCUT2D eigenvalue weighted by Gasteiger charge is 2.08. The van der Waals surface area contributed by atoms with E-state index < -0.39 is 0 Å². The standard InChI is InChI=1S/C17H17N3O3S/c1-21-14-3-5-15(6-4-14)22-11-2-12-24-17-20-19-16(23-17)13-7-9-18-10-8-13/h3-10H,2,11-12H2,1H3. The number of methoxy groups -OCH3 is 1. The Balaban J connectivity index is 1.40. The second-order valence-electron chi connectivity index (χ2n) is 4.84. The number of pyridine rings is 1. The molecule has 0 fully saturated rings. The smallest absolute Gasteiger partial charge is 0.276 e. The van der Waals surface area contributed by atoms with Crippen LogP contribution in [0.3, 0.4) is 0 Å². The lowest BCUT2D eigenvalue weighted by Gasteiger charge is -2.06. The normalized spacial score (nSPS) is 10.5. The van der Waals surface area contributed by atoms with Gasteiger partial charge in [0.2, 0.25) is 5.89 Å². The SMILES string of the molecule is COc1ccc(OCCCSc2nnc(-c3ccncc3)o2)cc1. The Hall–Kier alpha value is -2.54. The van der Waals surface area contributed by atoms with E-state index in [0.29, 0.717) is 17.7 Å². The number of benzene rings is 1. The third kappa shape index (κ3) is 4.48. The molecule has 0 radical (unpaired) electrons. The van der Waals surface area contributed by atoms with Crippen molar-refractivity contribution in [2.45, 2.75) is 11.6 Å². The second-order valence-corrected chi connectivity index (χ2v) is 5.88. The summed E-state index contributed by atoms with van der Waals surface area (Å²) in [5.74, 6) is 3.00. The van der Waals surface area contributed by atoms with E-state index in [2.05, 4.69) is 15.2 Å². The van der Waals surface area contributed by atoms with E-state index in [-0.39, 0.29) is 0 Å². The van der Waals surface area contributed by atoms with Crippen molar-refractivity contribution in [2.24, 2.45) is 0 Å². The average Bonchev–Trinajstić information content (AvgIpc) is 3.12. The lowest BCUT2D eigenvalue weighted by atomic mass is 10.3. The van der Waals surface area contributed by atoms with Gasteiger partial charge in [-0.1, -0.05) is 11.8 Å². The molecule has 3 aromatic rings. The maximum Gasteiger partial charge on any atom is 0.276 e. The maximum atomic E-state index is 5.68. The molecule has 0 saturated heterocycles. The number of aromatic nitrogens is 3. The maximum absolute atomic E-state index is 5.68. The van der Waals surface area contributed by atoms with Gasteiger partial charge in [-0.3, -0.25) is 4.98 Å². The minimum atomic E-state index is 0.509. The van der Waals surface area contributed by atoms with Crippen molar-refractivity contribution in [3.63, 3.8) is 0 Å². The van der Waals surface area contributed by atoms with Crippen LogP contribution in [0.2, 0.25) is 0 Å². The number of ether oxygens (including phenoxy) is 2. The van der Waals surface area contributed by atoms with Crippen LogP contribution in [0.4, 0.5) is 0 Å². The highest BCUT2D eigenvalue weighted by atomic mass is 32.2. The zero-order chi connectivity index (χ0) is 16.6. The summed E-state index contributed by atoms with van der Waals surface area (Å²) in [6, 6.07) is 11.2. The second kappa shape index (κ2) is 8.35. The number of nitrogens with zero attached hydrogens (tertiary/aromatic N) is 3. The molecule has 0 aliphatic rings. The monoisotopic (exact) mass is 343 g/mol. The number of rotatable bonds is 8. The summed E-state index contributed by atoms with van der Waals surface area (Å²) >= 11 is 1.52. The molecule has 6 nitrogen and oxygen atoms in total.